The fourth-order valence-electron chi connectivity index (χ4n) is 0.967. The summed E-state index contributed by atoms with van der Waals surface area (Å²) in [6.07, 6.45) is 0. The topological polar surface area (TPSA) is 79.9 Å². The fourth-order valence-corrected chi connectivity index (χ4v) is 10.5. The molecule has 7 nitrogen and oxygen atoms in total. The first-order chi connectivity index (χ1) is 9.66. The maximum absolute atomic E-state index is 14.0. The molecule has 0 amide bonds. The van der Waals surface area contributed by atoms with Gasteiger partial charge in [0.1, 0.15) is 0 Å². The zero-order chi connectivity index (χ0) is 17.4. The number of nitrogens with one attached hydrogen (secondary N) is 1. The first-order valence-electron chi connectivity index (χ1n) is 4.67. The average molecular weight is 441 g/mol. The molecular weight excluding hydrogens is 433 g/mol. The van der Waals surface area contributed by atoms with Gasteiger partial charge in [0.05, 0.1) is 0 Å². The number of rotatable bonds is 2. The van der Waals surface area contributed by atoms with Crippen molar-refractivity contribution in [2.24, 2.45) is 18.1 Å². The van der Waals surface area contributed by atoms with Crippen molar-refractivity contribution in [2.45, 2.75) is 0 Å². The third-order valence-corrected chi connectivity index (χ3v) is 12.0. The van der Waals surface area contributed by atoms with Crippen LogP contribution >= 0.6 is 39.3 Å². The first kappa shape index (κ1) is 20.7. The molecular formula is C2H8F8N5O2P5. The maximum atomic E-state index is 14.0. The van der Waals surface area contributed by atoms with Crippen LogP contribution in [0.15, 0.2) is 18.1 Å². The SMILES string of the molecule is COP1(F)=NP(F)(F)=N[PH](F)(F)NP(F)(F)=NP(F)(OC)=N1. The summed E-state index contributed by atoms with van der Waals surface area (Å²) in [6, 6.07) is 0. The predicted molar refractivity (Wildman–Crippen MR) is 71.7 cm³/mol. The summed E-state index contributed by atoms with van der Waals surface area (Å²) in [5.74, 6) is 0. The van der Waals surface area contributed by atoms with Crippen molar-refractivity contribution >= 4 is 39.3 Å². The van der Waals surface area contributed by atoms with Crippen molar-refractivity contribution < 1.29 is 42.6 Å². The van der Waals surface area contributed by atoms with E-state index in [2.05, 4.69) is 13.6 Å². The summed E-state index contributed by atoms with van der Waals surface area (Å²) < 4.78 is 123. The van der Waals surface area contributed by atoms with E-state index in [1.165, 1.54) is 0 Å². The molecule has 0 saturated heterocycles. The molecule has 134 valence electrons. The average Bonchev–Trinajstić information content (AvgIpc) is 2.22. The Bertz CT molecular complexity index is 664. The van der Waals surface area contributed by atoms with Crippen LogP contribution in [0.3, 0.4) is 0 Å². The molecule has 0 bridgehead atoms. The molecule has 0 aromatic rings. The van der Waals surface area contributed by atoms with Crippen LogP contribution < -0.4 is 4.86 Å². The second-order valence-corrected chi connectivity index (χ2v) is 12.7. The van der Waals surface area contributed by atoms with Crippen molar-refractivity contribution in [3.63, 3.8) is 0 Å². The standard InChI is InChI=1S/C2H8F8N5O2P5/c1-16-21(9)13-19(5,6)11-18(3,4)12-20(7,8)14-22(10,15-21)17-2/h11,18H,1-2H3. The molecule has 0 fully saturated rings. The zero-order valence-electron chi connectivity index (χ0n) is 10.4. The van der Waals surface area contributed by atoms with Gasteiger partial charge in [-0.15, -0.1) is 0 Å². The molecule has 1 N–H and O–H groups in total. The van der Waals surface area contributed by atoms with E-state index in [9.17, 15) is 33.6 Å². The van der Waals surface area contributed by atoms with E-state index >= 15 is 0 Å². The Morgan fingerprint density at radius 1 is 0.818 bits per heavy atom. The van der Waals surface area contributed by atoms with E-state index in [1.54, 1.807) is 4.52 Å². The molecule has 1 aliphatic heterocycles. The Morgan fingerprint density at radius 2 is 1.27 bits per heavy atom. The van der Waals surface area contributed by atoms with Crippen molar-refractivity contribution in [2.75, 3.05) is 14.2 Å². The Labute approximate surface area is 120 Å². The summed E-state index contributed by atoms with van der Waals surface area (Å²) >= 11 is 0. The molecule has 20 heteroatoms. The molecule has 0 spiro atoms. The molecule has 1 aliphatic rings. The van der Waals surface area contributed by atoms with Gasteiger partial charge in [0.2, 0.25) is 0 Å². The van der Waals surface area contributed by atoms with Crippen molar-refractivity contribution in [3.8, 4) is 0 Å². The summed E-state index contributed by atoms with van der Waals surface area (Å²) in [5, 5.41) is 0. The van der Waals surface area contributed by atoms with Crippen LogP contribution in [0, 0.1) is 0 Å². The molecule has 2 atom stereocenters. The molecule has 0 aromatic carbocycles. The van der Waals surface area contributed by atoms with Gasteiger partial charge in [-0.1, -0.05) is 0 Å². The second-order valence-electron chi connectivity index (χ2n) is 3.27. The van der Waals surface area contributed by atoms with E-state index in [0.29, 0.717) is 14.2 Å². The summed E-state index contributed by atoms with van der Waals surface area (Å²) in [6.45, 7) is 0. The Kier molecular flexibility index (Phi) is 6.14. The van der Waals surface area contributed by atoms with Gasteiger partial charge in [-0.25, -0.2) is 0 Å². The van der Waals surface area contributed by atoms with Crippen LogP contribution in [-0.4, -0.2) is 14.2 Å². The van der Waals surface area contributed by atoms with E-state index in [4.69, 9.17) is 0 Å². The van der Waals surface area contributed by atoms with Gasteiger partial charge in [-0.05, 0) is 0 Å². The van der Waals surface area contributed by atoms with Gasteiger partial charge in [0, 0.05) is 0 Å². The van der Waals surface area contributed by atoms with Gasteiger partial charge >= 0.3 is 119 Å². The van der Waals surface area contributed by atoms with E-state index in [-0.39, 0.29) is 4.86 Å². The molecule has 2 unspecified atom stereocenters. The van der Waals surface area contributed by atoms with Crippen molar-refractivity contribution in [1.82, 2.24) is 4.86 Å². The Hall–Kier alpha value is 0.670. The monoisotopic (exact) mass is 441 g/mol. The van der Waals surface area contributed by atoms with Gasteiger partial charge in [0.15, 0.2) is 0 Å². The van der Waals surface area contributed by atoms with Crippen LogP contribution in [0.1, 0.15) is 0 Å². The Morgan fingerprint density at radius 3 is 1.73 bits per heavy atom. The number of nitrogens with zero attached hydrogens (tertiary/aromatic N) is 4. The van der Waals surface area contributed by atoms with E-state index < -0.39 is 39.3 Å². The minimum absolute atomic E-state index is 0.227. The van der Waals surface area contributed by atoms with Gasteiger partial charge in [-0.3, -0.25) is 0 Å². The van der Waals surface area contributed by atoms with E-state index in [1.807, 2.05) is 9.03 Å². The molecule has 1 rings (SSSR count). The molecule has 0 aromatic heterocycles. The number of hydrogen-bond acceptors (Lipinski definition) is 7. The third kappa shape index (κ3) is 5.95. The van der Waals surface area contributed by atoms with Crippen LogP contribution in [-0.2, 0) is 9.05 Å². The Balaban J connectivity index is 3.87. The van der Waals surface area contributed by atoms with Crippen molar-refractivity contribution in [1.29, 1.82) is 0 Å². The summed E-state index contributed by atoms with van der Waals surface area (Å²) in [5.41, 5.74) is 0. The van der Waals surface area contributed by atoms with Crippen molar-refractivity contribution in [3.05, 3.63) is 0 Å². The second kappa shape index (κ2) is 6.52. The van der Waals surface area contributed by atoms with Gasteiger partial charge in [0.25, 0.3) is 0 Å². The predicted octanol–water partition coefficient (Wildman–Crippen LogP) is 7.83. The normalized spacial score (nSPS) is 38.5. The summed E-state index contributed by atoms with van der Waals surface area (Å²) in [4.78, 5) is 0.227. The van der Waals surface area contributed by atoms with Crippen LogP contribution in [0.4, 0.5) is 33.6 Å². The van der Waals surface area contributed by atoms with Gasteiger partial charge < -0.3 is 0 Å². The number of halogens is 8. The molecule has 1 heterocycles. The van der Waals surface area contributed by atoms with Crippen LogP contribution in [0.5, 0.6) is 0 Å². The fraction of sp³-hybridized carbons (Fsp3) is 1.00. The minimum atomic E-state index is -6.81. The molecule has 22 heavy (non-hydrogen) atoms. The molecule has 0 saturated carbocycles. The van der Waals surface area contributed by atoms with E-state index in [0.717, 1.165) is 0 Å². The first-order valence-corrected chi connectivity index (χ1v) is 12.4. The van der Waals surface area contributed by atoms with Crippen LogP contribution in [0.25, 0.3) is 0 Å². The quantitative estimate of drug-likeness (QED) is 0.350. The number of hydrogen-bond donors (Lipinski definition) is 1. The molecule has 0 aliphatic carbocycles. The molecule has 0 radical (unpaired) electrons. The zero-order valence-corrected chi connectivity index (χ0v) is 15.0. The van der Waals surface area contributed by atoms with Gasteiger partial charge in [-0.2, -0.15) is 0 Å². The third-order valence-electron chi connectivity index (χ3n) is 1.64. The van der Waals surface area contributed by atoms with Crippen LogP contribution in [0.2, 0.25) is 0 Å². The summed E-state index contributed by atoms with van der Waals surface area (Å²) in [7, 11) is -29.9.